The predicted molar refractivity (Wildman–Crippen MR) is 103 cm³/mol. The molecule has 0 radical (unpaired) electrons. The van der Waals surface area contributed by atoms with Gasteiger partial charge in [0.15, 0.2) is 5.82 Å². The van der Waals surface area contributed by atoms with Crippen LogP contribution >= 0.6 is 0 Å². The van der Waals surface area contributed by atoms with E-state index in [-0.39, 0.29) is 31.8 Å². The largest absolute Gasteiger partial charge is 0.522 e. The second kappa shape index (κ2) is 9.91. The number of amides is 1. The Hall–Kier alpha value is -2.93. The molecule has 0 atom stereocenters. The molecule has 1 N–H and O–H groups in total. The van der Waals surface area contributed by atoms with Gasteiger partial charge in [0, 0.05) is 19.4 Å². The molecule has 1 fully saturated rings. The van der Waals surface area contributed by atoms with Crippen LogP contribution in [-0.2, 0) is 20.4 Å². The average Bonchev–Trinajstić information content (AvgIpc) is 3.18. The predicted octanol–water partition coefficient (Wildman–Crippen LogP) is 3.89. The number of carbonyl (C=O) groups excluding carboxylic acids is 1. The number of hydrogen-bond donors (Lipinski definition) is 1. The summed E-state index contributed by atoms with van der Waals surface area (Å²) in [5, 5.41) is 6.77. The Labute approximate surface area is 184 Å². The van der Waals surface area contributed by atoms with Crippen molar-refractivity contribution in [3.63, 3.8) is 0 Å². The van der Waals surface area contributed by atoms with Crippen molar-refractivity contribution in [1.82, 2.24) is 20.1 Å². The van der Waals surface area contributed by atoms with E-state index < -0.39 is 36.2 Å². The van der Waals surface area contributed by atoms with E-state index in [1.54, 1.807) is 0 Å². The number of carbonyl (C=O) groups is 1. The van der Waals surface area contributed by atoms with Crippen LogP contribution in [0.1, 0.15) is 30.7 Å². The van der Waals surface area contributed by atoms with Gasteiger partial charge < -0.3 is 10.1 Å². The van der Waals surface area contributed by atoms with Gasteiger partial charge in [-0.3, -0.25) is 9.53 Å². The second-order valence-corrected chi connectivity index (χ2v) is 7.35. The summed E-state index contributed by atoms with van der Waals surface area (Å²) >= 11 is 0. The van der Waals surface area contributed by atoms with E-state index in [2.05, 4.69) is 26.7 Å². The Morgan fingerprint density at radius 2 is 1.79 bits per heavy atom. The Kier molecular flexibility index (Phi) is 7.42. The maximum absolute atomic E-state index is 12.7. The van der Waals surface area contributed by atoms with E-state index in [4.69, 9.17) is 4.74 Å². The zero-order chi connectivity index (χ0) is 24.2. The molecule has 33 heavy (non-hydrogen) atoms. The topological polar surface area (TPSA) is 78.3 Å². The third-order valence-corrected chi connectivity index (χ3v) is 4.82. The maximum atomic E-state index is 12.7. The SMILES string of the molecule is C=C(CCNC(=O)COC1CC(OC(F)(F)F)C1)c1ncn(-c2ccc(C(F)(F)F)cc2)n1. The van der Waals surface area contributed by atoms with Gasteiger partial charge in [0.2, 0.25) is 5.91 Å². The lowest BCUT2D eigenvalue weighted by Gasteiger charge is -2.34. The average molecular weight is 478 g/mol. The minimum absolute atomic E-state index is 0.0663. The normalized spacial score (nSPS) is 18.6. The summed E-state index contributed by atoms with van der Waals surface area (Å²) < 4.78 is 84.5. The summed E-state index contributed by atoms with van der Waals surface area (Å²) in [5.41, 5.74) is 0.106. The van der Waals surface area contributed by atoms with E-state index in [1.165, 1.54) is 23.1 Å². The minimum atomic E-state index is -4.68. The van der Waals surface area contributed by atoms with Crippen LogP contribution < -0.4 is 5.32 Å². The Morgan fingerprint density at radius 1 is 1.12 bits per heavy atom. The molecule has 1 saturated carbocycles. The molecule has 0 bridgehead atoms. The first-order valence-electron chi connectivity index (χ1n) is 9.81. The molecule has 0 aliphatic heterocycles. The van der Waals surface area contributed by atoms with Crippen LogP contribution in [0.5, 0.6) is 0 Å². The molecule has 1 aromatic heterocycles. The fourth-order valence-electron chi connectivity index (χ4n) is 3.00. The van der Waals surface area contributed by atoms with Gasteiger partial charge in [0.25, 0.3) is 0 Å². The van der Waals surface area contributed by atoms with Gasteiger partial charge in [0.05, 0.1) is 23.5 Å². The highest BCUT2D eigenvalue weighted by molar-refractivity contribution is 5.77. The lowest BCUT2D eigenvalue weighted by molar-refractivity contribution is -0.357. The monoisotopic (exact) mass is 478 g/mol. The van der Waals surface area contributed by atoms with E-state index in [0.29, 0.717) is 17.7 Å². The third-order valence-electron chi connectivity index (χ3n) is 4.82. The summed E-state index contributed by atoms with van der Waals surface area (Å²) in [5.74, 6) is -0.170. The lowest BCUT2D eigenvalue weighted by Crippen LogP contribution is -2.42. The molecular formula is C20H20F6N4O3. The quantitative estimate of drug-likeness (QED) is 0.554. The first kappa shape index (κ1) is 24.7. The number of halogens is 6. The molecule has 1 amide bonds. The summed E-state index contributed by atoms with van der Waals surface area (Å²) in [6.45, 7) is 3.73. The van der Waals surface area contributed by atoms with Crippen molar-refractivity contribution in [1.29, 1.82) is 0 Å². The maximum Gasteiger partial charge on any atom is 0.522 e. The Balaban J connectivity index is 1.37. The summed E-state index contributed by atoms with van der Waals surface area (Å²) in [7, 11) is 0. The van der Waals surface area contributed by atoms with Crippen LogP contribution in [0.15, 0.2) is 37.2 Å². The molecule has 3 rings (SSSR count). The molecule has 7 nitrogen and oxygen atoms in total. The number of rotatable bonds is 9. The van der Waals surface area contributed by atoms with Gasteiger partial charge in [-0.1, -0.05) is 6.58 Å². The second-order valence-electron chi connectivity index (χ2n) is 7.35. The number of nitrogens with one attached hydrogen (secondary N) is 1. The molecule has 180 valence electrons. The number of benzene rings is 1. The van der Waals surface area contributed by atoms with Gasteiger partial charge in [-0.2, -0.15) is 13.2 Å². The molecule has 2 aromatic rings. The summed E-state index contributed by atoms with van der Waals surface area (Å²) in [6, 6.07) is 4.42. The van der Waals surface area contributed by atoms with Crippen molar-refractivity contribution >= 4 is 11.5 Å². The van der Waals surface area contributed by atoms with Gasteiger partial charge in [-0.15, -0.1) is 18.3 Å². The third kappa shape index (κ3) is 7.29. The smallest absolute Gasteiger partial charge is 0.368 e. The van der Waals surface area contributed by atoms with Crippen molar-refractivity contribution < 1.29 is 40.6 Å². The Bertz CT molecular complexity index is 965. The highest BCUT2D eigenvalue weighted by Crippen LogP contribution is 2.32. The van der Waals surface area contributed by atoms with Crippen LogP contribution in [0.2, 0.25) is 0 Å². The van der Waals surface area contributed by atoms with Crippen molar-refractivity contribution in [2.24, 2.45) is 0 Å². The lowest BCUT2D eigenvalue weighted by atomic mass is 9.92. The number of nitrogens with zero attached hydrogens (tertiary/aromatic N) is 3. The van der Waals surface area contributed by atoms with Crippen molar-refractivity contribution in [3.8, 4) is 5.69 Å². The molecule has 1 aliphatic carbocycles. The fourth-order valence-corrected chi connectivity index (χ4v) is 3.00. The van der Waals surface area contributed by atoms with Crippen LogP contribution in [0.4, 0.5) is 26.3 Å². The van der Waals surface area contributed by atoms with E-state index in [1.807, 2.05) is 0 Å². The van der Waals surface area contributed by atoms with Gasteiger partial charge in [-0.25, -0.2) is 9.67 Å². The molecule has 1 heterocycles. The van der Waals surface area contributed by atoms with Crippen molar-refractivity contribution in [2.75, 3.05) is 13.2 Å². The number of ether oxygens (including phenoxy) is 2. The summed E-state index contributed by atoms with van der Waals surface area (Å²) in [4.78, 5) is 15.9. The first-order valence-corrected chi connectivity index (χ1v) is 9.81. The number of hydrogen-bond acceptors (Lipinski definition) is 5. The van der Waals surface area contributed by atoms with Crippen molar-refractivity contribution in [2.45, 2.75) is 44.0 Å². The zero-order valence-corrected chi connectivity index (χ0v) is 17.1. The fraction of sp³-hybridized carbons (Fsp3) is 0.450. The molecule has 0 saturated heterocycles. The molecule has 0 spiro atoms. The molecule has 1 aliphatic rings. The van der Waals surface area contributed by atoms with Crippen LogP contribution in [-0.4, -0.2) is 52.4 Å². The van der Waals surface area contributed by atoms with Crippen molar-refractivity contribution in [3.05, 3.63) is 48.6 Å². The van der Waals surface area contributed by atoms with E-state index >= 15 is 0 Å². The summed E-state index contributed by atoms with van der Waals surface area (Å²) in [6.07, 6.45) is -8.76. The van der Waals surface area contributed by atoms with Crippen LogP contribution in [0.25, 0.3) is 11.3 Å². The molecular weight excluding hydrogens is 458 g/mol. The molecule has 0 unspecified atom stereocenters. The van der Waals surface area contributed by atoms with Gasteiger partial charge >= 0.3 is 12.5 Å². The highest BCUT2D eigenvalue weighted by atomic mass is 19.4. The molecule has 1 aromatic carbocycles. The standard InChI is InChI=1S/C20H20F6N4O3/c1-12(6-7-27-17(31)10-32-15-8-16(9-15)33-20(24,25)26)18-28-11-30(29-18)14-4-2-13(3-5-14)19(21,22)23/h2-5,11,15-16H,1,6-10H2,(H,27,31). The highest BCUT2D eigenvalue weighted by Gasteiger charge is 2.40. The van der Waals surface area contributed by atoms with Gasteiger partial charge in [-0.05, 0) is 36.3 Å². The number of aromatic nitrogens is 3. The number of alkyl halides is 6. The minimum Gasteiger partial charge on any atom is -0.368 e. The van der Waals surface area contributed by atoms with E-state index in [9.17, 15) is 31.1 Å². The van der Waals surface area contributed by atoms with Crippen LogP contribution in [0.3, 0.4) is 0 Å². The molecule has 13 heteroatoms. The first-order chi connectivity index (χ1) is 15.4. The van der Waals surface area contributed by atoms with E-state index in [0.717, 1.165) is 12.1 Å². The van der Waals surface area contributed by atoms with Crippen LogP contribution in [0, 0.1) is 0 Å². The van der Waals surface area contributed by atoms with Gasteiger partial charge in [0.1, 0.15) is 12.9 Å². The zero-order valence-electron chi connectivity index (χ0n) is 17.1. The Morgan fingerprint density at radius 3 is 2.39 bits per heavy atom.